The molecule has 292 valence electrons. The molecule has 2 atom stereocenters. The number of nitrogens with two attached hydrogens (primary N) is 1. The van der Waals surface area contributed by atoms with E-state index in [1.54, 1.807) is 65.3 Å². The lowest BCUT2D eigenvalue weighted by molar-refractivity contribution is -0.511. The predicted molar refractivity (Wildman–Crippen MR) is 187 cm³/mol. The highest BCUT2D eigenvalue weighted by atomic mass is 35.5. The van der Waals surface area contributed by atoms with E-state index in [2.05, 4.69) is 29.1 Å². The van der Waals surface area contributed by atoms with Gasteiger partial charge in [0, 0.05) is 37.5 Å². The van der Waals surface area contributed by atoms with Gasteiger partial charge in [-0.05, 0) is 34.6 Å². The summed E-state index contributed by atoms with van der Waals surface area (Å²) in [6.07, 6.45) is 4.42. The molecule has 0 bridgehead atoms. The maximum Gasteiger partial charge on any atom is 0.493 e. The first-order valence-electron chi connectivity index (χ1n) is 14.8. The Kier molecular flexibility index (Phi) is 18.3. The summed E-state index contributed by atoms with van der Waals surface area (Å²) in [5, 5.41) is 11.4. The second-order valence-electron chi connectivity index (χ2n) is 12.6. The zero-order valence-corrected chi connectivity index (χ0v) is 32.7. The Morgan fingerprint density at radius 2 is 1.31 bits per heavy atom. The second kappa shape index (κ2) is 20.0. The molecule has 3 aromatic heterocycles. The lowest BCUT2D eigenvalue weighted by atomic mass is 10.2. The van der Waals surface area contributed by atoms with Crippen LogP contribution in [0.3, 0.4) is 0 Å². The molecule has 0 aromatic carbocycles. The number of pyridine rings is 1. The number of carbonyl (C=O) groups is 1. The predicted octanol–water partition coefficient (Wildman–Crippen LogP) is 1.76. The van der Waals surface area contributed by atoms with Gasteiger partial charge in [-0.25, -0.2) is 38.2 Å². The zero-order valence-electron chi connectivity index (χ0n) is 30.2. The number of anilines is 1. The lowest BCUT2D eigenvalue weighted by Gasteiger charge is -2.28. The SMILES string of the molecule is CN(C)c1cc[n+](S(=O)(=O)N=C([O-])OC(C)(C)C)cc1.C[C@@H](N)c1ncc(F)cn1.C[C@H](NS(=O)(=O)NC(=O)OC(C)(C)C)c1ncc(F)cn1.Cl. The molecule has 1 amide bonds. The quantitative estimate of drug-likeness (QED) is 0.167. The van der Waals surface area contributed by atoms with Gasteiger partial charge in [-0.1, -0.05) is 29.1 Å². The van der Waals surface area contributed by atoms with E-state index in [0.29, 0.717) is 5.82 Å². The number of rotatable bonds is 8. The van der Waals surface area contributed by atoms with Crippen LogP contribution in [0.2, 0.25) is 0 Å². The molecule has 0 saturated heterocycles. The third kappa shape index (κ3) is 19.3. The average Bonchev–Trinajstić information content (AvgIpc) is 2.95. The van der Waals surface area contributed by atoms with Gasteiger partial charge in [-0.15, -0.1) is 20.8 Å². The normalized spacial score (nSPS) is 13.1. The average molecular weight is 799 g/mol. The monoisotopic (exact) mass is 798 g/mol. The van der Waals surface area contributed by atoms with Gasteiger partial charge in [-0.2, -0.15) is 13.1 Å². The van der Waals surface area contributed by atoms with Gasteiger partial charge >= 0.3 is 26.5 Å². The number of nitrogens with one attached hydrogen (secondary N) is 2. The molecule has 52 heavy (non-hydrogen) atoms. The number of aromatic nitrogens is 5. The number of halogens is 3. The Morgan fingerprint density at radius 1 is 0.885 bits per heavy atom. The highest BCUT2D eigenvalue weighted by molar-refractivity contribution is 7.88. The first-order valence-corrected chi connectivity index (χ1v) is 17.7. The molecule has 4 N–H and O–H groups in total. The summed E-state index contributed by atoms with van der Waals surface area (Å²) in [6.45, 7) is 12.9. The van der Waals surface area contributed by atoms with Crippen LogP contribution in [0, 0.1) is 11.6 Å². The maximum absolute atomic E-state index is 12.7. The molecule has 0 aliphatic heterocycles. The lowest BCUT2D eigenvalue weighted by Crippen LogP contribution is -2.43. The van der Waals surface area contributed by atoms with E-state index >= 15 is 0 Å². The van der Waals surface area contributed by atoms with E-state index in [9.17, 15) is 35.5 Å². The van der Waals surface area contributed by atoms with Crippen molar-refractivity contribution >= 4 is 50.7 Å². The molecule has 23 heteroatoms. The molecule has 0 saturated carbocycles. The highest BCUT2D eigenvalue weighted by Gasteiger charge is 2.24. The van der Waals surface area contributed by atoms with Crippen molar-refractivity contribution in [1.82, 2.24) is 29.4 Å². The van der Waals surface area contributed by atoms with Gasteiger partial charge in [0.1, 0.15) is 17.2 Å². The van der Waals surface area contributed by atoms with Crippen molar-refractivity contribution in [3.05, 3.63) is 72.6 Å². The minimum absolute atomic E-state index is 0. The highest BCUT2D eigenvalue weighted by Crippen LogP contribution is 2.10. The van der Waals surface area contributed by atoms with Crippen molar-refractivity contribution in [3.63, 3.8) is 0 Å². The fraction of sp³-hybridized carbons (Fsp3) is 0.483. The first-order chi connectivity index (χ1) is 23.2. The molecular weight excluding hydrogens is 754 g/mol. The van der Waals surface area contributed by atoms with Gasteiger partial charge in [0.15, 0.2) is 30.1 Å². The number of hydrogen-bond donors (Lipinski definition) is 3. The number of ether oxygens (including phenoxy) is 2. The largest absolute Gasteiger partial charge is 0.594 e. The smallest absolute Gasteiger partial charge is 0.493 e. The molecule has 0 radical (unpaired) electrons. The number of carbonyl (C=O) groups excluding carboxylic acids is 1. The van der Waals surface area contributed by atoms with E-state index in [-0.39, 0.29) is 24.3 Å². The van der Waals surface area contributed by atoms with E-state index < -0.39 is 61.5 Å². The number of amides is 1. The van der Waals surface area contributed by atoms with Gasteiger partial charge in [0.25, 0.3) is 0 Å². The van der Waals surface area contributed by atoms with Crippen LogP contribution in [-0.2, 0) is 29.9 Å². The Bertz CT molecular complexity index is 1810. The fourth-order valence-electron chi connectivity index (χ4n) is 3.11. The second-order valence-corrected chi connectivity index (χ2v) is 15.5. The Morgan fingerprint density at radius 3 is 1.69 bits per heavy atom. The minimum Gasteiger partial charge on any atom is -0.594 e. The van der Waals surface area contributed by atoms with Gasteiger partial charge in [-0.3, -0.25) is 0 Å². The summed E-state index contributed by atoms with van der Waals surface area (Å²) in [6, 6.07) is 2.11. The zero-order chi connectivity index (χ0) is 39.4. The summed E-state index contributed by atoms with van der Waals surface area (Å²) >= 11 is 0. The molecule has 0 aliphatic carbocycles. The number of hydrogen-bond acceptors (Lipinski definition) is 14. The molecule has 3 rings (SSSR count). The van der Waals surface area contributed by atoms with E-state index in [1.165, 1.54) is 19.3 Å². The van der Waals surface area contributed by atoms with Gasteiger partial charge in [0.2, 0.25) is 0 Å². The molecule has 0 aliphatic rings. The topological polar surface area (TPSA) is 248 Å². The van der Waals surface area contributed by atoms with Crippen LogP contribution in [0.15, 0.2) is 53.7 Å². The summed E-state index contributed by atoms with van der Waals surface area (Å²) in [5.74, 6) is -0.558. The molecule has 0 unspecified atom stereocenters. The van der Waals surface area contributed by atoms with E-state index in [1.807, 2.05) is 19.0 Å². The van der Waals surface area contributed by atoms with Crippen molar-refractivity contribution in [1.29, 1.82) is 0 Å². The molecule has 3 heterocycles. The fourth-order valence-corrected chi connectivity index (χ4v) is 4.75. The third-order valence-corrected chi connectivity index (χ3v) is 7.43. The van der Waals surface area contributed by atoms with Crippen LogP contribution in [0.5, 0.6) is 0 Å². The van der Waals surface area contributed by atoms with Crippen LogP contribution in [-0.4, -0.2) is 74.2 Å². The van der Waals surface area contributed by atoms with Crippen LogP contribution < -0.4 is 29.2 Å². The minimum atomic E-state index is -4.16. The van der Waals surface area contributed by atoms with Crippen LogP contribution in [0.4, 0.5) is 19.3 Å². The standard InChI is InChI=1S/C12H19N3O4S.C11H17FN4O4S.C6H8FN3.ClH/c1-12(2,3)19-11(16)13-20(17,18)15-8-6-10(7-9-15)14(4)5;1-7(9-13-5-8(12)6-14-9)15-21(18,19)16-10(17)20-11(2,3)4;1-4(8)6-9-2-5(7)3-10-6;/h6-9H,1-5H3;5-7,15H,1-4H3,(H,16,17);2-4H,8H2,1H3;1H/t;7-;4-;/m.01./s1. The van der Waals surface area contributed by atoms with E-state index in [4.69, 9.17) is 15.2 Å². The summed E-state index contributed by atoms with van der Waals surface area (Å²) < 4.78 is 89.5. The van der Waals surface area contributed by atoms with Crippen molar-refractivity contribution in [2.24, 2.45) is 10.1 Å². The summed E-state index contributed by atoms with van der Waals surface area (Å²) in [5.41, 5.74) is 4.62. The van der Waals surface area contributed by atoms with Gasteiger partial charge < -0.3 is 25.2 Å². The van der Waals surface area contributed by atoms with Crippen molar-refractivity contribution < 1.29 is 49.0 Å². The van der Waals surface area contributed by atoms with Crippen molar-refractivity contribution in [2.75, 3.05) is 19.0 Å². The van der Waals surface area contributed by atoms with E-state index in [0.717, 1.165) is 34.4 Å². The number of nitrogens with zero attached hydrogens (tertiary/aromatic N) is 7. The van der Waals surface area contributed by atoms with Crippen LogP contribution in [0.25, 0.3) is 0 Å². The van der Waals surface area contributed by atoms with Gasteiger partial charge in [0.05, 0.1) is 36.9 Å². The van der Waals surface area contributed by atoms with Crippen LogP contribution >= 0.6 is 12.4 Å². The molecule has 3 aromatic rings. The van der Waals surface area contributed by atoms with Crippen LogP contribution in [0.1, 0.15) is 79.1 Å². The Hall–Kier alpha value is -4.38. The Labute approximate surface area is 308 Å². The molecule has 0 spiro atoms. The molecule has 18 nitrogen and oxygen atoms in total. The molecule has 0 fully saturated rings. The first kappa shape index (κ1) is 47.6. The summed E-state index contributed by atoms with van der Waals surface area (Å²) in [7, 11) is -4.62. The summed E-state index contributed by atoms with van der Waals surface area (Å²) in [4.78, 5) is 27.8. The Balaban J connectivity index is 0.000000786. The molecular formula is C29H45ClF2N10O8S2. The third-order valence-electron chi connectivity index (χ3n) is 5.17. The maximum atomic E-state index is 12.7. The van der Waals surface area contributed by atoms with Crippen molar-refractivity contribution in [2.45, 2.75) is 78.7 Å². The van der Waals surface area contributed by atoms with Crippen molar-refractivity contribution in [3.8, 4) is 0 Å².